The number of piperidine rings is 1. The number of carbonyl (C=O) groups excluding carboxylic acids is 2. The van der Waals surface area contributed by atoms with Crippen LogP contribution >= 0.6 is 0 Å². The quantitative estimate of drug-likeness (QED) is 0.842. The molecular formula is C19H26N2O4. The highest BCUT2D eigenvalue weighted by Gasteiger charge is 2.49. The van der Waals surface area contributed by atoms with Crippen LogP contribution in [0.3, 0.4) is 0 Å². The van der Waals surface area contributed by atoms with Crippen molar-refractivity contribution >= 4 is 11.8 Å². The fraction of sp³-hybridized carbons (Fsp3) is 0.684. The Morgan fingerprint density at radius 3 is 2.84 bits per heavy atom. The summed E-state index contributed by atoms with van der Waals surface area (Å²) in [5.41, 5.74) is 0.695. The molecule has 0 bridgehead atoms. The molecule has 0 saturated carbocycles. The van der Waals surface area contributed by atoms with Gasteiger partial charge < -0.3 is 19.0 Å². The van der Waals surface area contributed by atoms with Crippen molar-refractivity contribution in [3.63, 3.8) is 0 Å². The summed E-state index contributed by atoms with van der Waals surface area (Å²) in [6.07, 6.45) is 6.42. The lowest BCUT2D eigenvalue weighted by atomic mass is 9.82. The predicted octanol–water partition coefficient (Wildman–Crippen LogP) is 2.22. The van der Waals surface area contributed by atoms with Crippen LogP contribution in [0.15, 0.2) is 16.7 Å². The molecule has 25 heavy (non-hydrogen) atoms. The van der Waals surface area contributed by atoms with Crippen LogP contribution in [-0.4, -0.2) is 60.0 Å². The van der Waals surface area contributed by atoms with Gasteiger partial charge in [-0.15, -0.1) is 0 Å². The third-order valence-corrected chi connectivity index (χ3v) is 5.83. The molecule has 1 aromatic rings. The Bertz CT molecular complexity index is 652. The molecule has 3 fully saturated rings. The minimum absolute atomic E-state index is 0.0437. The van der Waals surface area contributed by atoms with E-state index in [-0.39, 0.29) is 11.5 Å². The average Bonchev–Trinajstić information content (AvgIpc) is 3.01. The molecule has 136 valence electrons. The van der Waals surface area contributed by atoms with Gasteiger partial charge >= 0.3 is 0 Å². The summed E-state index contributed by atoms with van der Waals surface area (Å²) >= 11 is 0. The number of amides is 2. The Balaban J connectivity index is 1.26. The van der Waals surface area contributed by atoms with Gasteiger partial charge in [-0.1, -0.05) is 0 Å². The standard InChI is InChI=1S/C19H26N2O4/c1-14-6-9-24-17(14)18(23)21-12-19(13-21)7-5-15(11-25-19)10-20-8-3-2-4-16(20)22/h6,9,15H,2-5,7-8,10-13H2,1H3. The molecule has 0 radical (unpaired) electrons. The number of rotatable bonds is 3. The number of ether oxygens (including phenoxy) is 1. The SMILES string of the molecule is Cc1ccoc1C(=O)N1CC2(CCC(CN3CCCCC3=O)CO2)C1. The number of hydrogen-bond donors (Lipinski definition) is 0. The molecule has 0 aromatic carbocycles. The third-order valence-electron chi connectivity index (χ3n) is 5.83. The number of nitrogens with zero attached hydrogens (tertiary/aromatic N) is 2. The van der Waals surface area contributed by atoms with E-state index in [1.165, 1.54) is 0 Å². The van der Waals surface area contributed by atoms with Crippen LogP contribution in [0.25, 0.3) is 0 Å². The van der Waals surface area contributed by atoms with Gasteiger partial charge in [0.25, 0.3) is 5.91 Å². The van der Waals surface area contributed by atoms with Crippen molar-refractivity contribution in [2.24, 2.45) is 5.92 Å². The molecule has 4 heterocycles. The van der Waals surface area contributed by atoms with Crippen LogP contribution in [0.5, 0.6) is 0 Å². The summed E-state index contributed by atoms with van der Waals surface area (Å²) in [5, 5.41) is 0. The maximum absolute atomic E-state index is 12.4. The molecule has 4 rings (SSSR count). The first-order valence-electron chi connectivity index (χ1n) is 9.31. The topological polar surface area (TPSA) is 63.0 Å². The fourth-order valence-electron chi connectivity index (χ4n) is 4.21. The molecule has 1 aromatic heterocycles. The normalized spacial score (nSPS) is 26.0. The lowest BCUT2D eigenvalue weighted by Gasteiger charge is -2.52. The van der Waals surface area contributed by atoms with Crippen molar-refractivity contribution < 1.29 is 18.7 Å². The van der Waals surface area contributed by atoms with Crippen LogP contribution in [0.1, 0.15) is 48.2 Å². The van der Waals surface area contributed by atoms with E-state index in [0.29, 0.717) is 43.7 Å². The summed E-state index contributed by atoms with van der Waals surface area (Å²) in [7, 11) is 0. The van der Waals surface area contributed by atoms with E-state index in [1.807, 2.05) is 17.9 Å². The van der Waals surface area contributed by atoms with Crippen molar-refractivity contribution in [1.82, 2.24) is 9.80 Å². The summed E-state index contributed by atoms with van der Waals surface area (Å²) < 4.78 is 11.5. The van der Waals surface area contributed by atoms with Gasteiger partial charge in [-0.2, -0.15) is 0 Å². The zero-order valence-corrected chi connectivity index (χ0v) is 14.8. The molecule has 3 aliphatic heterocycles. The first kappa shape index (κ1) is 16.6. The lowest BCUT2D eigenvalue weighted by molar-refractivity contribution is -0.170. The molecule has 6 heteroatoms. The highest BCUT2D eigenvalue weighted by molar-refractivity contribution is 5.93. The minimum atomic E-state index is -0.182. The lowest BCUT2D eigenvalue weighted by Crippen LogP contribution is -2.66. The Labute approximate surface area is 148 Å². The highest BCUT2D eigenvalue weighted by Crippen LogP contribution is 2.37. The molecule has 1 atom stereocenters. The van der Waals surface area contributed by atoms with Crippen molar-refractivity contribution in [3.8, 4) is 0 Å². The van der Waals surface area contributed by atoms with Gasteiger partial charge in [0.2, 0.25) is 5.91 Å². The maximum Gasteiger partial charge on any atom is 0.290 e. The van der Waals surface area contributed by atoms with Gasteiger partial charge in [0.05, 0.1) is 26.0 Å². The first-order chi connectivity index (χ1) is 12.1. The molecular weight excluding hydrogens is 320 g/mol. The van der Waals surface area contributed by atoms with Gasteiger partial charge in [-0.25, -0.2) is 0 Å². The second-order valence-corrected chi connectivity index (χ2v) is 7.79. The summed E-state index contributed by atoms with van der Waals surface area (Å²) in [5.74, 6) is 1.11. The van der Waals surface area contributed by atoms with Crippen LogP contribution in [0, 0.1) is 12.8 Å². The molecule has 0 N–H and O–H groups in total. The number of aryl methyl sites for hydroxylation is 1. The molecule has 2 amide bonds. The highest BCUT2D eigenvalue weighted by atomic mass is 16.5. The number of hydrogen-bond acceptors (Lipinski definition) is 4. The van der Waals surface area contributed by atoms with E-state index in [1.54, 1.807) is 11.2 Å². The maximum atomic E-state index is 12.4. The van der Waals surface area contributed by atoms with Gasteiger partial charge in [-0.3, -0.25) is 9.59 Å². The average molecular weight is 346 g/mol. The van der Waals surface area contributed by atoms with Gasteiger partial charge in [0.1, 0.15) is 5.60 Å². The van der Waals surface area contributed by atoms with Crippen LogP contribution < -0.4 is 0 Å². The van der Waals surface area contributed by atoms with E-state index in [9.17, 15) is 9.59 Å². The van der Waals surface area contributed by atoms with Gasteiger partial charge in [0.15, 0.2) is 5.76 Å². The van der Waals surface area contributed by atoms with Crippen LogP contribution in [-0.2, 0) is 9.53 Å². The van der Waals surface area contributed by atoms with Gasteiger partial charge in [0, 0.05) is 31.0 Å². The van der Waals surface area contributed by atoms with E-state index in [4.69, 9.17) is 9.15 Å². The second kappa shape index (κ2) is 6.48. The molecule has 3 aliphatic rings. The molecule has 6 nitrogen and oxygen atoms in total. The van der Waals surface area contributed by atoms with Crippen molar-refractivity contribution in [3.05, 3.63) is 23.7 Å². The molecule has 3 saturated heterocycles. The number of likely N-dealkylation sites (tertiary alicyclic amines) is 2. The Morgan fingerprint density at radius 2 is 2.20 bits per heavy atom. The van der Waals surface area contributed by atoms with E-state index in [0.717, 1.165) is 44.3 Å². The second-order valence-electron chi connectivity index (χ2n) is 7.79. The smallest absolute Gasteiger partial charge is 0.290 e. The van der Waals surface area contributed by atoms with E-state index >= 15 is 0 Å². The van der Waals surface area contributed by atoms with Crippen molar-refractivity contribution in [2.45, 2.75) is 44.6 Å². The number of carbonyl (C=O) groups is 2. The van der Waals surface area contributed by atoms with E-state index in [2.05, 4.69) is 0 Å². The zero-order valence-electron chi connectivity index (χ0n) is 14.8. The minimum Gasteiger partial charge on any atom is -0.459 e. The van der Waals surface area contributed by atoms with Crippen molar-refractivity contribution in [2.75, 3.05) is 32.8 Å². The number of furan rings is 1. The Hall–Kier alpha value is -1.82. The largest absolute Gasteiger partial charge is 0.459 e. The molecule has 1 spiro atoms. The third kappa shape index (κ3) is 3.19. The summed E-state index contributed by atoms with van der Waals surface area (Å²) in [6, 6.07) is 1.81. The van der Waals surface area contributed by atoms with Crippen LogP contribution in [0.4, 0.5) is 0 Å². The Kier molecular flexibility index (Phi) is 4.31. The summed E-state index contributed by atoms with van der Waals surface area (Å²) in [4.78, 5) is 28.2. The molecule has 0 aliphatic carbocycles. The summed E-state index contributed by atoms with van der Waals surface area (Å²) in [6.45, 7) is 5.57. The predicted molar refractivity (Wildman–Crippen MR) is 91.2 cm³/mol. The monoisotopic (exact) mass is 346 g/mol. The van der Waals surface area contributed by atoms with Crippen molar-refractivity contribution in [1.29, 1.82) is 0 Å². The van der Waals surface area contributed by atoms with E-state index < -0.39 is 0 Å². The molecule has 1 unspecified atom stereocenters. The Morgan fingerprint density at radius 1 is 1.36 bits per heavy atom. The first-order valence-corrected chi connectivity index (χ1v) is 9.31. The fourth-order valence-corrected chi connectivity index (χ4v) is 4.21. The van der Waals surface area contributed by atoms with Crippen LogP contribution in [0.2, 0.25) is 0 Å². The zero-order chi connectivity index (χ0) is 17.4. The van der Waals surface area contributed by atoms with Gasteiger partial charge in [-0.05, 0) is 38.7 Å².